The fourth-order valence-corrected chi connectivity index (χ4v) is 3.49. The Kier molecular flexibility index (Phi) is 4.67. The SMILES string of the molecule is CC(/C=C1\SC(=N)N(c2ccccc2C)C1=O)=C\c1ccccc1. The quantitative estimate of drug-likeness (QED) is 0.803. The number of thioether (sulfide) groups is 1. The predicted octanol–water partition coefficient (Wildman–Crippen LogP) is 5.00. The zero-order valence-corrected chi connectivity index (χ0v) is 14.4. The molecule has 0 bridgehead atoms. The summed E-state index contributed by atoms with van der Waals surface area (Å²) >= 11 is 1.20. The van der Waals surface area contributed by atoms with Crippen molar-refractivity contribution in [3.05, 3.63) is 82.3 Å². The van der Waals surface area contributed by atoms with Gasteiger partial charge in [0.25, 0.3) is 5.91 Å². The van der Waals surface area contributed by atoms with Gasteiger partial charge in [0.1, 0.15) is 0 Å². The van der Waals surface area contributed by atoms with Gasteiger partial charge in [0.2, 0.25) is 0 Å². The van der Waals surface area contributed by atoms with Crippen LogP contribution in [0.1, 0.15) is 18.1 Å². The van der Waals surface area contributed by atoms with Crippen LogP contribution < -0.4 is 4.90 Å². The van der Waals surface area contributed by atoms with Crippen LogP contribution in [-0.2, 0) is 4.79 Å². The molecule has 1 N–H and O–H groups in total. The van der Waals surface area contributed by atoms with Crippen molar-refractivity contribution in [3.8, 4) is 0 Å². The number of nitrogens with zero attached hydrogens (tertiary/aromatic N) is 1. The molecule has 0 unspecified atom stereocenters. The fraction of sp³-hybridized carbons (Fsp3) is 0.100. The highest BCUT2D eigenvalue weighted by molar-refractivity contribution is 8.19. The molecular formula is C20H18N2OS. The van der Waals surface area contributed by atoms with E-state index in [1.165, 1.54) is 16.7 Å². The van der Waals surface area contributed by atoms with Crippen LogP contribution in [0.15, 0.2) is 71.2 Å². The van der Waals surface area contributed by atoms with Crippen LogP contribution in [0.4, 0.5) is 5.69 Å². The van der Waals surface area contributed by atoms with Gasteiger partial charge in [-0.2, -0.15) is 0 Å². The molecule has 0 aliphatic carbocycles. The first-order valence-corrected chi connectivity index (χ1v) is 8.49. The van der Waals surface area contributed by atoms with Crippen molar-refractivity contribution in [3.63, 3.8) is 0 Å². The van der Waals surface area contributed by atoms with Crippen LogP contribution in [-0.4, -0.2) is 11.1 Å². The van der Waals surface area contributed by atoms with E-state index in [1.54, 1.807) is 0 Å². The van der Waals surface area contributed by atoms with Gasteiger partial charge in [-0.1, -0.05) is 54.6 Å². The average molecular weight is 334 g/mol. The van der Waals surface area contributed by atoms with E-state index in [2.05, 4.69) is 0 Å². The standard InChI is InChI=1S/C20H18N2OS/c1-14(12-16-9-4-3-5-10-16)13-18-19(23)22(20(21)24-18)17-11-7-6-8-15(17)2/h3-13,21H,1-2H3/b14-12+,18-13-,21-20?. The van der Waals surface area contributed by atoms with Crippen molar-refractivity contribution in [2.75, 3.05) is 4.90 Å². The smallest absolute Gasteiger partial charge is 0.271 e. The highest BCUT2D eigenvalue weighted by Gasteiger charge is 2.34. The molecule has 4 heteroatoms. The van der Waals surface area contributed by atoms with Crippen LogP contribution in [0.3, 0.4) is 0 Å². The number of allylic oxidation sites excluding steroid dienone is 2. The number of carbonyl (C=O) groups is 1. The Labute approximate surface area is 146 Å². The lowest BCUT2D eigenvalue weighted by Crippen LogP contribution is -2.28. The van der Waals surface area contributed by atoms with Gasteiger partial charge in [0.15, 0.2) is 5.17 Å². The van der Waals surface area contributed by atoms with E-state index in [-0.39, 0.29) is 11.1 Å². The Morgan fingerprint density at radius 3 is 2.46 bits per heavy atom. The Balaban J connectivity index is 1.89. The molecule has 1 aliphatic rings. The maximum atomic E-state index is 12.7. The molecule has 0 radical (unpaired) electrons. The van der Waals surface area contributed by atoms with Crippen molar-refractivity contribution >= 4 is 34.6 Å². The summed E-state index contributed by atoms with van der Waals surface area (Å²) in [5.41, 5.74) is 3.83. The normalized spacial score (nSPS) is 17.0. The van der Waals surface area contributed by atoms with Gasteiger partial charge in [-0.25, -0.2) is 0 Å². The summed E-state index contributed by atoms with van der Waals surface area (Å²) in [6, 6.07) is 17.6. The number of nitrogens with one attached hydrogen (secondary N) is 1. The monoisotopic (exact) mass is 334 g/mol. The number of aryl methyl sites for hydroxylation is 1. The second-order valence-electron chi connectivity index (χ2n) is 5.64. The van der Waals surface area contributed by atoms with Gasteiger partial charge >= 0.3 is 0 Å². The van der Waals surface area contributed by atoms with Crippen LogP contribution in [0.2, 0.25) is 0 Å². The molecule has 2 aromatic rings. The first-order chi connectivity index (χ1) is 11.6. The van der Waals surface area contributed by atoms with Crippen LogP contribution in [0, 0.1) is 12.3 Å². The summed E-state index contributed by atoms with van der Waals surface area (Å²) in [5, 5.41) is 8.42. The molecule has 0 spiro atoms. The number of hydrogen-bond acceptors (Lipinski definition) is 3. The second-order valence-corrected chi connectivity index (χ2v) is 6.67. The molecule has 1 amide bonds. The molecule has 1 fully saturated rings. The van der Waals surface area contributed by atoms with E-state index in [0.29, 0.717) is 4.91 Å². The number of hydrogen-bond donors (Lipinski definition) is 1. The molecule has 1 aliphatic heterocycles. The number of amides is 1. The Morgan fingerprint density at radius 2 is 1.75 bits per heavy atom. The average Bonchev–Trinajstić information content (AvgIpc) is 2.83. The summed E-state index contributed by atoms with van der Waals surface area (Å²) in [4.78, 5) is 14.8. The molecular weight excluding hydrogens is 316 g/mol. The zero-order chi connectivity index (χ0) is 17.1. The van der Waals surface area contributed by atoms with Gasteiger partial charge in [0.05, 0.1) is 10.6 Å². The Hall–Kier alpha value is -2.59. The van der Waals surface area contributed by atoms with Crippen LogP contribution >= 0.6 is 11.8 Å². The van der Waals surface area contributed by atoms with Gasteiger partial charge in [-0.05, 0) is 54.5 Å². The van der Waals surface area contributed by atoms with Crippen molar-refractivity contribution in [1.29, 1.82) is 5.41 Å². The minimum absolute atomic E-state index is 0.139. The summed E-state index contributed by atoms with van der Waals surface area (Å²) in [7, 11) is 0. The predicted molar refractivity (Wildman–Crippen MR) is 102 cm³/mol. The van der Waals surface area contributed by atoms with Crippen molar-refractivity contribution in [2.45, 2.75) is 13.8 Å². The lowest BCUT2D eigenvalue weighted by Gasteiger charge is -2.16. The van der Waals surface area contributed by atoms with E-state index in [9.17, 15) is 4.79 Å². The molecule has 120 valence electrons. The van der Waals surface area contributed by atoms with E-state index in [4.69, 9.17) is 5.41 Å². The molecule has 1 heterocycles. The van der Waals surface area contributed by atoms with E-state index >= 15 is 0 Å². The number of benzene rings is 2. The fourth-order valence-electron chi connectivity index (χ4n) is 2.58. The van der Waals surface area contributed by atoms with Gasteiger partial charge in [0, 0.05) is 0 Å². The number of anilines is 1. The molecule has 0 atom stereocenters. The maximum absolute atomic E-state index is 12.7. The summed E-state index contributed by atoms with van der Waals surface area (Å²) in [6.07, 6.45) is 3.88. The third-order valence-corrected chi connectivity index (χ3v) is 4.62. The summed E-state index contributed by atoms with van der Waals surface area (Å²) < 4.78 is 0. The van der Waals surface area contributed by atoms with Crippen molar-refractivity contribution in [1.82, 2.24) is 0 Å². The molecule has 0 aromatic heterocycles. The lowest BCUT2D eigenvalue weighted by molar-refractivity contribution is -0.113. The first kappa shape index (κ1) is 16.3. The highest BCUT2D eigenvalue weighted by Crippen LogP contribution is 2.36. The molecule has 0 saturated carbocycles. The minimum Gasteiger partial charge on any atom is -0.278 e. The largest absolute Gasteiger partial charge is 0.278 e. The number of carbonyl (C=O) groups excluding carboxylic acids is 1. The van der Waals surface area contributed by atoms with Crippen molar-refractivity contribution in [2.24, 2.45) is 0 Å². The molecule has 24 heavy (non-hydrogen) atoms. The van der Waals surface area contributed by atoms with E-state index < -0.39 is 0 Å². The Morgan fingerprint density at radius 1 is 1.08 bits per heavy atom. The van der Waals surface area contributed by atoms with Gasteiger partial charge in [-0.15, -0.1) is 0 Å². The Bertz CT molecular complexity index is 853. The van der Waals surface area contributed by atoms with E-state index in [0.717, 1.165) is 22.4 Å². The van der Waals surface area contributed by atoms with Crippen LogP contribution in [0.25, 0.3) is 6.08 Å². The maximum Gasteiger partial charge on any atom is 0.271 e. The molecule has 2 aromatic carbocycles. The molecule has 3 rings (SSSR count). The third-order valence-electron chi connectivity index (χ3n) is 3.73. The van der Waals surface area contributed by atoms with Gasteiger partial charge in [-0.3, -0.25) is 15.1 Å². The third kappa shape index (κ3) is 3.34. The minimum atomic E-state index is -0.139. The first-order valence-electron chi connectivity index (χ1n) is 7.68. The molecule has 1 saturated heterocycles. The summed E-state index contributed by atoms with van der Waals surface area (Å²) in [6.45, 7) is 3.91. The van der Waals surface area contributed by atoms with Gasteiger partial charge < -0.3 is 0 Å². The van der Waals surface area contributed by atoms with Crippen molar-refractivity contribution < 1.29 is 4.79 Å². The number of amidine groups is 1. The second kappa shape index (κ2) is 6.89. The number of rotatable bonds is 3. The van der Waals surface area contributed by atoms with E-state index in [1.807, 2.05) is 80.6 Å². The van der Waals surface area contributed by atoms with Crippen LogP contribution in [0.5, 0.6) is 0 Å². The lowest BCUT2D eigenvalue weighted by atomic mass is 10.1. The topological polar surface area (TPSA) is 44.2 Å². The molecule has 3 nitrogen and oxygen atoms in total. The number of para-hydroxylation sites is 1. The zero-order valence-electron chi connectivity index (χ0n) is 13.6. The highest BCUT2D eigenvalue weighted by atomic mass is 32.2. The summed E-state index contributed by atoms with van der Waals surface area (Å²) in [5.74, 6) is -0.139.